The number of piperidine rings is 1. The van der Waals surface area contributed by atoms with Crippen LogP contribution in [0.15, 0.2) is 4.52 Å². The van der Waals surface area contributed by atoms with Crippen molar-refractivity contribution in [2.24, 2.45) is 0 Å². The molecule has 0 spiro atoms. The van der Waals surface area contributed by atoms with Crippen molar-refractivity contribution in [2.75, 3.05) is 18.8 Å². The van der Waals surface area contributed by atoms with Gasteiger partial charge in [-0.1, -0.05) is 12.1 Å². The van der Waals surface area contributed by atoms with Gasteiger partial charge in [-0.15, -0.1) is 0 Å². The normalized spacial score (nSPS) is 27.5. The van der Waals surface area contributed by atoms with Crippen LogP contribution in [0.3, 0.4) is 0 Å². The van der Waals surface area contributed by atoms with Crippen molar-refractivity contribution in [2.45, 2.75) is 49.7 Å². The molecule has 0 bridgehead atoms. The predicted octanol–water partition coefficient (Wildman–Crippen LogP) is 2.67. The first-order valence-corrected chi connectivity index (χ1v) is 8.05. The summed E-state index contributed by atoms with van der Waals surface area (Å²) in [5.41, 5.74) is 0.125. The molecule has 0 saturated carbocycles. The van der Waals surface area contributed by atoms with E-state index in [1.165, 1.54) is 18.6 Å². The molecule has 1 N–H and O–H groups in total. The van der Waals surface area contributed by atoms with Gasteiger partial charge < -0.3 is 9.84 Å². The third-order valence-corrected chi connectivity index (χ3v) is 5.72. The maximum atomic E-state index is 5.61. The molecule has 100 valence electrons. The average molecular weight is 267 g/mol. The van der Waals surface area contributed by atoms with E-state index in [1.54, 1.807) is 0 Å². The Hall–Kier alpha value is -0.550. The Morgan fingerprint density at radius 2 is 2.28 bits per heavy atom. The number of rotatable bonds is 3. The summed E-state index contributed by atoms with van der Waals surface area (Å²) in [5, 5.41) is 8.12. The van der Waals surface area contributed by atoms with Gasteiger partial charge in [0.15, 0.2) is 5.82 Å². The fourth-order valence-electron chi connectivity index (χ4n) is 2.99. The van der Waals surface area contributed by atoms with Crippen molar-refractivity contribution in [3.8, 4) is 0 Å². The van der Waals surface area contributed by atoms with E-state index in [9.17, 15) is 0 Å². The van der Waals surface area contributed by atoms with E-state index in [1.807, 2.05) is 11.8 Å². The highest BCUT2D eigenvalue weighted by atomic mass is 32.2. The van der Waals surface area contributed by atoms with Crippen LogP contribution in [0.2, 0.25) is 0 Å². The Balaban J connectivity index is 1.82. The standard InChI is InChI=1S/C13H21N3OS/c1-2-13(5-7-14-8-6-13)12-15-11(16-17-12)10-4-3-9-18-10/h10,14H,2-9H2,1H3. The van der Waals surface area contributed by atoms with Gasteiger partial charge in [-0.2, -0.15) is 16.7 Å². The summed E-state index contributed by atoms with van der Waals surface area (Å²) < 4.78 is 5.61. The van der Waals surface area contributed by atoms with Crippen LogP contribution in [0.1, 0.15) is 56.0 Å². The molecule has 3 rings (SSSR count). The molecule has 3 heterocycles. The summed E-state index contributed by atoms with van der Waals surface area (Å²) in [6.45, 7) is 4.35. The SMILES string of the molecule is CCC1(c2nc(C3CCCS3)no2)CCNCC1. The quantitative estimate of drug-likeness (QED) is 0.912. The molecule has 0 aliphatic carbocycles. The molecule has 4 nitrogen and oxygen atoms in total. The van der Waals surface area contributed by atoms with Crippen molar-refractivity contribution in [1.29, 1.82) is 0 Å². The van der Waals surface area contributed by atoms with E-state index in [0.717, 1.165) is 44.1 Å². The van der Waals surface area contributed by atoms with Crippen LogP contribution >= 0.6 is 11.8 Å². The van der Waals surface area contributed by atoms with Crippen LogP contribution < -0.4 is 5.32 Å². The first-order valence-electron chi connectivity index (χ1n) is 7.00. The number of aromatic nitrogens is 2. The molecule has 0 radical (unpaired) electrons. The average Bonchev–Trinajstić information content (AvgIpc) is 3.10. The van der Waals surface area contributed by atoms with Gasteiger partial charge in [-0.25, -0.2) is 0 Å². The minimum atomic E-state index is 0.125. The second-order valence-electron chi connectivity index (χ2n) is 5.34. The summed E-state index contributed by atoms with van der Waals surface area (Å²) in [6, 6.07) is 0. The Bertz CT molecular complexity index is 395. The van der Waals surface area contributed by atoms with E-state index in [2.05, 4.69) is 17.4 Å². The molecule has 1 atom stereocenters. The van der Waals surface area contributed by atoms with Crippen molar-refractivity contribution in [3.05, 3.63) is 11.7 Å². The summed E-state index contributed by atoms with van der Waals surface area (Å²) in [7, 11) is 0. The van der Waals surface area contributed by atoms with Crippen LogP contribution in [0.25, 0.3) is 0 Å². The van der Waals surface area contributed by atoms with Gasteiger partial charge in [-0.05, 0) is 50.9 Å². The largest absolute Gasteiger partial charge is 0.339 e. The molecule has 2 fully saturated rings. The van der Waals surface area contributed by atoms with E-state index in [-0.39, 0.29) is 5.41 Å². The Kier molecular flexibility index (Phi) is 3.61. The molecule has 0 aromatic carbocycles. The maximum absolute atomic E-state index is 5.61. The highest BCUT2D eigenvalue weighted by Gasteiger charge is 2.38. The molecular weight excluding hydrogens is 246 g/mol. The minimum absolute atomic E-state index is 0.125. The zero-order valence-corrected chi connectivity index (χ0v) is 11.8. The molecule has 2 aliphatic rings. The Labute approximate surface area is 112 Å². The number of nitrogens with one attached hydrogen (secondary N) is 1. The first-order chi connectivity index (χ1) is 8.84. The van der Waals surface area contributed by atoms with Gasteiger partial charge in [0.05, 0.1) is 10.7 Å². The van der Waals surface area contributed by atoms with E-state index >= 15 is 0 Å². The molecule has 18 heavy (non-hydrogen) atoms. The summed E-state index contributed by atoms with van der Waals surface area (Å²) >= 11 is 1.96. The summed E-state index contributed by atoms with van der Waals surface area (Å²) in [4.78, 5) is 4.73. The summed E-state index contributed by atoms with van der Waals surface area (Å²) in [6.07, 6.45) is 5.80. The molecule has 0 amide bonds. The van der Waals surface area contributed by atoms with Gasteiger partial charge in [0.25, 0.3) is 0 Å². The van der Waals surface area contributed by atoms with Gasteiger partial charge in [-0.3, -0.25) is 0 Å². The fraction of sp³-hybridized carbons (Fsp3) is 0.846. The predicted molar refractivity (Wildman–Crippen MR) is 72.8 cm³/mol. The molecule has 2 saturated heterocycles. The van der Waals surface area contributed by atoms with E-state index in [0.29, 0.717) is 5.25 Å². The monoisotopic (exact) mass is 267 g/mol. The van der Waals surface area contributed by atoms with E-state index in [4.69, 9.17) is 9.51 Å². The highest BCUT2D eigenvalue weighted by molar-refractivity contribution is 7.99. The lowest BCUT2D eigenvalue weighted by Crippen LogP contribution is -2.39. The van der Waals surface area contributed by atoms with Gasteiger partial charge in [0.2, 0.25) is 5.89 Å². The maximum Gasteiger partial charge on any atom is 0.232 e. The zero-order chi connectivity index (χ0) is 12.4. The molecular formula is C13H21N3OS. The van der Waals surface area contributed by atoms with Crippen LogP contribution in [-0.2, 0) is 5.41 Å². The van der Waals surface area contributed by atoms with Crippen LogP contribution in [0, 0.1) is 0 Å². The first kappa shape index (κ1) is 12.5. The minimum Gasteiger partial charge on any atom is -0.339 e. The Morgan fingerprint density at radius 3 is 2.94 bits per heavy atom. The number of hydrogen-bond donors (Lipinski definition) is 1. The third kappa shape index (κ3) is 2.18. The van der Waals surface area contributed by atoms with Crippen LogP contribution in [-0.4, -0.2) is 29.0 Å². The summed E-state index contributed by atoms with van der Waals surface area (Å²) in [5.74, 6) is 3.05. The van der Waals surface area contributed by atoms with Crippen molar-refractivity contribution < 1.29 is 4.52 Å². The lowest BCUT2D eigenvalue weighted by molar-refractivity contribution is 0.216. The van der Waals surface area contributed by atoms with Crippen LogP contribution in [0.5, 0.6) is 0 Å². The number of thioether (sulfide) groups is 1. The van der Waals surface area contributed by atoms with E-state index < -0.39 is 0 Å². The molecule has 2 aliphatic heterocycles. The molecule has 1 aromatic heterocycles. The van der Waals surface area contributed by atoms with Crippen LogP contribution in [0.4, 0.5) is 0 Å². The number of hydrogen-bond acceptors (Lipinski definition) is 5. The van der Waals surface area contributed by atoms with Crippen molar-refractivity contribution in [3.63, 3.8) is 0 Å². The van der Waals surface area contributed by atoms with Crippen molar-refractivity contribution in [1.82, 2.24) is 15.5 Å². The second kappa shape index (κ2) is 5.21. The van der Waals surface area contributed by atoms with Gasteiger partial charge in [0.1, 0.15) is 0 Å². The van der Waals surface area contributed by atoms with Gasteiger partial charge >= 0.3 is 0 Å². The topological polar surface area (TPSA) is 51.0 Å². The van der Waals surface area contributed by atoms with Crippen molar-refractivity contribution >= 4 is 11.8 Å². The Morgan fingerprint density at radius 1 is 1.44 bits per heavy atom. The fourth-order valence-corrected chi connectivity index (χ4v) is 4.18. The lowest BCUT2D eigenvalue weighted by Gasteiger charge is -2.33. The zero-order valence-electron chi connectivity index (χ0n) is 10.9. The lowest BCUT2D eigenvalue weighted by atomic mass is 9.76. The van der Waals surface area contributed by atoms with Gasteiger partial charge in [0, 0.05) is 0 Å². The molecule has 1 unspecified atom stereocenters. The molecule has 1 aromatic rings. The smallest absolute Gasteiger partial charge is 0.232 e. The second-order valence-corrected chi connectivity index (χ2v) is 6.65. The third-order valence-electron chi connectivity index (χ3n) is 4.35. The molecule has 5 heteroatoms. The highest BCUT2D eigenvalue weighted by Crippen LogP contribution is 2.41. The number of nitrogens with zero attached hydrogens (tertiary/aromatic N) is 2.